The second-order valence-corrected chi connectivity index (χ2v) is 3.92. The third-order valence-corrected chi connectivity index (χ3v) is 2.86. The molecular weight excluding hydrogens is 232 g/mol. The number of alkyl halides is 1. The molecule has 0 aromatic heterocycles. The zero-order chi connectivity index (χ0) is 9.68. The SMILES string of the molecule is CCCN1CCN(C(=O)CBr)CC1. The molecule has 0 unspecified atom stereocenters. The molecule has 0 aromatic rings. The van der Waals surface area contributed by atoms with Crippen molar-refractivity contribution in [3.8, 4) is 0 Å². The molecule has 1 amide bonds. The van der Waals surface area contributed by atoms with Crippen LogP contribution in [0.3, 0.4) is 0 Å². The lowest BCUT2D eigenvalue weighted by atomic mass is 10.3. The number of amides is 1. The van der Waals surface area contributed by atoms with Crippen molar-refractivity contribution in [1.82, 2.24) is 9.80 Å². The predicted octanol–water partition coefficient (Wildman–Crippen LogP) is 0.935. The Morgan fingerprint density at radius 1 is 1.31 bits per heavy atom. The van der Waals surface area contributed by atoms with Crippen molar-refractivity contribution in [3.63, 3.8) is 0 Å². The highest BCUT2D eigenvalue weighted by Gasteiger charge is 2.18. The minimum Gasteiger partial charge on any atom is -0.339 e. The van der Waals surface area contributed by atoms with E-state index in [-0.39, 0.29) is 5.91 Å². The number of rotatable bonds is 3. The monoisotopic (exact) mass is 248 g/mol. The largest absolute Gasteiger partial charge is 0.339 e. The maximum absolute atomic E-state index is 11.3. The third-order valence-electron chi connectivity index (χ3n) is 2.38. The van der Waals surface area contributed by atoms with E-state index in [0.717, 1.165) is 32.7 Å². The van der Waals surface area contributed by atoms with Crippen molar-refractivity contribution in [2.75, 3.05) is 38.1 Å². The van der Waals surface area contributed by atoms with Gasteiger partial charge in [0.15, 0.2) is 0 Å². The normalized spacial score (nSPS) is 19.1. The van der Waals surface area contributed by atoms with Crippen LogP contribution in [0.5, 0.6) is 0 Å². The lowest BCUT2D eigenvalue weighted by Crippen LogP contribution is -2.49. The number of piperazine rings is 1. The fourth-order valence-corrected chi connectivity index (χ4v) is 1.98. The lowest BCUT2D eigenvalue weighted by Gasteiger charge is -2.34. The summed E-state index contributed by atoms with van der Waals surface area (Å²) in [5.41, 5.74) is 0. The number of hydrogen-bond donors (Lipinski definition) is 0. The highest BCUT2D eigenvalue weighted by atomic mass is 79.9. The molecule has 0 radical (unpaired) electrons. The molecule has 13 heavy (non-hydrogen) atoms. The predicted molar refractivity (Wildman–Crippen MR) is 57.1 cm³/mol. The van der Waals surface area contributed by atoms with E-state index in [9.17, 15) is 4.79 Å². The topological polar surface area (TPSA) is 23.6 Å². The van der Waals surface area contributed by atoms with E-state index >= 15 is 0 Å². The first-order valence-corrected chi connectivity index (χ1v) is 5.96. The average Bonchev–Trinajstić information content (AvgIpc) is 2.18. The molecule has 0 N–H and O–H groups in total. The van der Waals surface area contributed by atoms with Crippen molar-refractivity contribution in [2.24, 2.45) is 0 Å². The first-order chi connectivity index (χ1) is 6.27. The number of carbonyl (C=O) groups is 1. The van der Waals surface area contributed by atoms with Gasteiger partial charge in [0.2, 0.25) is 5.91 Å². The van der Waals surface area contributed by atoms with E-state index < -0.39 is 0 Å². The van der Waals surface area contributed by atoms with Gasteiger partial charge in [0.05, 0.1) is 5.33 Å². The molecule has 1 aliphatic rings. The van der Waals surface area contributed by atoms with Crippen LogP contribution < -0.4 is 0 Å². The van der Waals surface area contributed by atoms with E-state index in [4.69, 9.17) is 0 Å². The van der Waals surface area contributed by atoms with Gasteiger partial charge < -0.3 is 4.90 Å². The van der Waals surface area contributed by atoms with E-state index in [2.05, 4.69) is 27.8 Å². The van der Waals surface area contributed by atoms with Crippen LogP contribution >= 0.6 is 15.9 Å². The van der Waals surface area contributed by atoms with E-state index in [1.54, 1.807) is 0 Å². The summed E-state index contributed by atoms with van der Waals surface area (Å²) in [5, 5.41) is 0.459. The molecule has 1 saturated heterocycles. The average molecular weight is 249 g/mol. The van der Waals surface area contributed by atoms with Crippen LogP contribution in [0.1, 0.15) is 13.3 Å². The summed E-state index contributed by atoms with van der Waals surface area (Å²) in [4.78, 5) is 15.6. The van der Waals surface area contributed by atoms with Gasteiger partial charge in [0.25, 0.3) is 0 Å². The summed E-state index contributed by atoms with van der Waals surface area (Å²) in [5.74, 6) is 0.219. The van der Waals surface area contributed by atoms with E-state index in [1.807, 2.05) is 4.90 Å². The Kier molecular flexibility index (Phi) is 4.73. The lowest BCUT2D eigenvalue weighted by molar-refractivity contribution is -0.129. The molecule has 0 saturated carbocycles. The molecule has 1 aliphatic heterocycles. The van der Waals surface area contributed by atoms with Crippen molar-refractivity contribution in [1.29, 1.82) is 0 Å². The molecule has 1 fully saturated rings. The van der Waals surface area contributed by atoms with Gasteiger partial charge in [0.1, 0.15) is 0 Å². The van der Waals surface area contributed by atoms with Crippen LogP contribution in [0, 0.1) is 0 Å². The van der Waals surface area contributed by atoms with Gasteiger partial charge >= 0.3 is 0 Å². The van der Waals surface area contributed by atoms with Crippen LogP contribution in [0.25, 0.3) is 0 Å². The molecule has 0 spiro atoms. The highest BCUT2D eigenvalue weighted by Crippen LogP contribution is 2.03. The van der Waals surface area contributed by atoms with Gasteiger partial charge in [-0.25, -0.2) is 0 Å². The zero-order valence-corrected chi connectivity index (χ0v) is 9.72. The van der Waals surface area contributed by atoms with Crippen LogP contribution in [-0.2, 0) is 4.79 Å². The molecule has 76 valence electrons. The summed E-state index contributed by atoms with van der Waals surface area (Å²) in [6.07, 6.45) is 1.20. The highest BCUT2D eigenvalue weighted by molar-refractivity contribution is 9.09. The van der Waals surface area contributed by atoms with E-state index in [1.165, 1.54) is 6.42 Å². The Morgan fingerprint density at radius 3 is 2.38 bits per heavy atom. The first-order valence-electron chi connectivity index (χ1n) is 4.84. The van der Waals surface area contributed by atoms with Gasteiger partial charge in [-0.1, -0.05) is 22.9 Å². The van der Waals surface area contributed by atoms with Gasteiger partial charge in [-0.05, 0) is 13.0 Å². The Bertz CT molecular complexity index is 167. The van der Waals surface area contributed by atoms with Crippen molar-refractivity contribution in [3.05, 3.63) is 0 Å². The molecule has 0 atom stereocenters. The maximum atomic E-state index is 11.3. The fraction of sp³-hybridized carbons (Fsp3) is 0.889. The molecule has 0 aromatic carbocycles. The van der Waals surface area contributed by atoms with Gasteiger partial charge in [-0.15, -0.1) is 0 Å². The fourth-order valence-electron chi connectivity index (χ4n) is 1.62. The smallest absolute Gasteiger partial charge is 0.233 e. The van der Waals surface area contributed by atoms with Gasteiger partial charge in [0, 0.05) is 26.2 Å². The Labute approximate surface area is 88.2 Å². The standard InChI is InChI=1S/C9H17BrN2O/c1-2-3-11-4-6-12(7-5-11)9(13)8-10/h2-8H2,1H3. The van der Waals surface area contributed by atoms with Crippen LogP contribution in [0.4, 0.5) is 0 Å². The third kappa shape index (κ3) is 3.27. The second-order valence-electron chi connectivity index (χ2n) is 3.36. The van der Waals surface area contributed by atoms with Crippen LogP contribution in [0.2, 0.25) is 0 Å². The zero-order valence-electron chi connectivity index (χ0n) is 8.13. The van der Waals surface area contributed by atoms with Crippen molar-refractivity contribution < 1.29 is 4.79 Å². The van der Waals surface area contributed by atoms with Crippen molar-refractivity contribution >= 4 is 21.8 Å². The molecule has 1 heterocycles. The first kappa shape index (κ1) is 11.0. The van der Waals surface area contributed by atoms with Crippen molar-refractivity contribution in [2.45, 2.75) is 13.3 Å². The maximum Gasteiger partial charge on any atom is 0.233 e. The van der Waals surface area contributed by atoms with E-state index in [0.29, 0.717) is 5.33 Å². The minimum atomic E-state index is 0.219. The van der Waals surface area contributed by atoms with Gasteiger partial charge in [-0.2, -0.15) is 0 Å². The summed E-state index contributed by atoms with van der Waals surface area (Å²) in [7, 11) is 0. The quantitative estimate of drug-likeness (QED) is 0.695. The van der Waals surface area contributed by atoms with Crippen LogP contribution in [-0.4, -0.2) is 53.8 Å². The Balaban J connectivity index is 2.26. The minimum absolute atomic E-state index is 0.219. The Hall–Kier alpha value is -0.0900. The summed E-state index contributed by atoms with van der Waals surface area (Å²) in [6, 6.07) is 0. The second kappa shape index (κ2) is 5.60. The molecule has 4 heteroatoms. The molecule has 0 aliphatic carbocycles. The summed E-state index contributed by atoms with van der Waals surface area (Å²) >= 11 is 3.19. The van der Waals surface area contributed by atoms with Crippen LogP contribution in [0.15, 0.2) is 0 Å². The number of hydrogen-bond acceptors (Lipinski definition) is 2. The van der Waals surface area contributed by atoms with Gasteiger partial charge in [-0.3, -0.25) is 9.69 Å². The molecular formula is C9H17BrN2O. The Morgan fingerprint density at radius 2 is 1.92 bits per heavy atom. The molecule has 0 bridgehead atoms. The number of nitrogens with zero attached hydrogens (tertiary/aromatic N) is 2. The number of carbonyl (C=O) groups excluding carboxylic acids is 1. The molecule has 3 nitrogen and oxygen atoms in total. The summed E-state index contributed by atoms with van der Waals surface area (Å²) in [6.45, 7) is 7.21. The molecule has 1 rings (SSSR count). The number of halogens is 1. The summed E-state index contributed by atoms with van der Waals surface area (Å²) < 4.78 is 0.